The molecule has 0 saturated carbocycles. The summed E-state index contributed by atoms with van der Waals surface area (Å²) in [7, 11) is 0. The third-order valence-corrected chi connectivity index (χ3v) is 2.93. The molecule has 1 aliphatic rings. The summed E-state index contributed by atoms with van der Waals surface area (Å²) in [6.45, 7) is 9.95. The van der Waals surface area contributed by atoms with Gasteiger partial charge in [-0.25, -0.2) is 4.79 Å². The van der Waals surface area contributed by atoms with Crippen molar-refractivity contribution >= 4 is 6.09 Å². The fraction of sp³-hybridized carbons (Fsp3) is 0.800. The van der Waals surface area contributed by atoms with Crippen molar-refractivity contribution in [2.75, 3.05) is 19.6 Å². The summed E-state index contributed by atoms with van der Waals surface area (Å²) in [5.41, 5.74) is -0.422. The van der Waals surface area contributed by atoms with Gasteiger partial charge < -0.3 is 15.0 Å². The Morgan fingerprint density at radius 2 is 2.21 bits per heavy atom. The lowest BCUT2D eigenvalue weighted by atomic mass is 10.1. The van der Waals surface area contributed by atoms with Crippen molar-refractivity contribution < 1.29 is 9.53 Å². The second kappa shape index (κ2) is 7.40. The van der Waals surface area contributed by atoms with E-state index < -0.39 is 5.60 Å². The lowest BCUT2D eigenvalue weighted by Gasteiger charge is -2.34. The second-order valence-corrected chi connectivity index (χ2v) is 5.90. The van der Waals surface area contributed by atoms with Crippen LogP contribution in [0, 0.1) is 11.8 Å². The molecule has 1 aliphatic heterocycles. The van der Waals surface area contributed by atoms with Crippen LogP contribution in [0.25, 0.3) is 0 Å². The molecule has 0 radical (unpaired) electrons. The molecule has 0 bridgehead atoms. The molecule has 4 heteroatoms. The molecule has 1 atom stereocenters. The number of nitrogens with one attached hydrogen (secondary N) is 1. The van der Waals surface area contributed by atoms with Crippen molar-refractivity contribution in [3.63, 3.8) is 0 Å². The molecular formula is C15H26N2O2. The first-order valence-electron chi connectivity index (χ1n) is 7.03. The number of ether oxygens (including phenoxy) is 1. The van der Waals surface area contributed by atoms with Crippen LogP contribution in [-0.4, -0.2) is 42.3 Å². The SMILES string of the molecule is CC#CCCNC1CCCN(C(=O)OC(C)(C)C)C1. The average Bonchev–Trinajstić information content (AvgIpc) is 2.33. The van der Waals surface area contributed by atoms with Crippen molar-refractivity contribution in [3.05, 3.63) is 0 Å². The van der Waals surface area contributed by atoms with Crippen LogP contribution in [0.15, 0.2) is 0 Å². The van der Waals surface area contributed by atoms with Crippen LogP contribution in [-0.2, 0) is 4.74 Å². The molecule has 1 heterocycles. The van der Waals surface area contributed by atoms with Gasteiger partial charge in [-0.15, -0.1) is 11.8 Å². The van der Waals surface area contributed by atoms with Gasteiger partial charge in [0, 0.05) is 32.1 Å². The first kappa shape index (κ1) is 15.8. The smallest absolute Gasteiger partial charge is 0.410 e. The number of hydrogen-bond acceptors (Lipinski definition) is 3. The van der Waals surface area contributed by atoms with Crippen LogP contribution in [0.5, 0.6) is 0 Å². The highest BCUT2D eigenvalue weighted by Gasteiger charge is 2.27. The van der Waals surface area contributed by atoms with E-state index in [1.807, 2.05) is 27.7 Å². The molecule has 1 N–H and O–H groups in total. The van der Waals surface area contributed by atoms with Crippen LogP contribution in [0.4, 0.5) is 4.79 Å². The van der Waals surface area contributed by atoms with Gasteiger partial charge in [0.2, 0.25) is 0 Å². The molecule has 1 rings (SSSR count). The molecule has 0 spiro atoms. The van der Waals surface area contributed by atoms with E-state index in [4.69, 9.17) is 4.74 Å². The number of likely N-dealkylation sites (tertiary alicyclic amines) is 1. The molecule has 0 aromatic carbocycles. The van der Waals surface area contributed by atoms with Crippen molar-refractivity contribution in [1.82, 2.24) is 10.2 Å². The largest absolute Gasteiger partial charge is 0.444 e. The molecule has 1 unspecified atom stereocenters. The Balaban J connectivity index is 2.36. The lowest BCUT2D eigenvalue weighted by Crippen LogP contribution is -2.49. The Morgan fingerprint density at radius 1 is 1.47 bits per heavy atom. The minimum atomic E-state index is -0.422. The normalized spacial score (nSPS) is 19.6. The van der Waals surface area contributed by atoms with E-state index in [-0.39, 0.29) is 6.09 Å². The molecule has 1 saturated heterocycles. The third kappa shape index (κ3) is 6.49. The first-order chi connectivity index (χ1) is 8.92. The number of piperidine rings is 1. The van der Waals surface area contributed by atoms with E-state index in [1.165, 1.54) is 0 Å². The maximum Gasteiger partial charge on any atom is 0.410 e. The molecule has 19 heavy (non-hydrogen) atoms. The molecule has 4 nitrogen and oxygen atoms in total. The summed E-state index contributed by atoms with van der Waals surface area (Å²) < 4.78 is 5.41. The fourth-order valence-corrected chi connectivity index (χ4v) is 2.10. The van der Waals surface area contributed by atoms with Gasteiger partial charge in [0.05, 0.1) is 0 Å². The highest BCUT2D eigenvalue weighted by Crippen LogP contribution is 2.15. The van der Waals surface area contributed by atoms with E-state index in [1.54, 1.807) is 4.90 Å². The van der Waals surface area contributed by atoms with Gasteiger partial charge in [-0.3, -0.25) is 0 Å². The Bertz CT molecular complexity index is 349. The number of amides is 1. The van der Waals surface area contributed by atoms with E-state index in [9.17, 15) is 4.79 Å². The van der Waals surface area contributed by atoms with Crippen molar-refractivity contribution in [2.45, 2.75) is 58.6 Å². The standard InChI is InChI=1S/C15H26N2O2/c1-5-6-7-10-16-13-9-8-11-17(12-13)14(18)19-15(2,3)4/h13,16H,7-12H2,1-4H3. The maximum absolute atomic E-state index is 12.0. The lowest BCUT2D eigenvalue weighted by molar-refractivity contribution is 0.0188. The Hall–Kier alpha value is -1.21. The quantitative estimate of drug-likeness (QED) is 0.630. The monoisotopic (exact) mass is 266 g/mol. The zero-order chi connectivity index (χ0) is 14.3. The van der Waals surface area contributed by atoms with E-state index in [2.05, 4.69) is 17.2 Å². The molecule has 0 aliphatic carbocycles. The number of rotatable bonds is 3. The Labute approximate surface area is 116 Å². The minimum absolute atomic E-state index is 0.202. The van der Waals surface area contributed by atoms with Crippen molar-refractivity contribution in [3.8, 4) is 11.8 Å². The number of carbonyl (C=O) groups is 1. The van der Waals surface area contributed by atoms with Gasteiger partial charge >= 0.3 is 6.09 Å². The second-order valence-electron chi connectivity index (χ2n) is 5.90. The summed E-state index contributed by atoms with van der Waals surface area (Å²) in [5, 5.41) is 3.45. The highest BCUT2D eigenvalue weighted by atomic mass is 16.6. The van der Waals surface area contributed by atoms with Crippen LogP contribution in [0.2, 0.25) is 0 Å². The maximum atomic E-state index is 12.0. The van der Waals surface area contributed by atoms with E-state index in [0.29, 0.717) is 6.04 Å². The number of nitrogens with zero attached hydrogens (tertiary/aromatic N) is 1. The molecular weight excluding hydrogens is 240 g/mol. The summed E-state index contributed by atoms with van der Waals surface area (Å²) in [6, 6.07) is 0.361. The van der Waals surface area contributed by atoms with Gasteiger partial charge in [0.25, 0.3) is 0 Å². The average molecular weight is 266 g/mol. The molecule has 108 valence electrons. The summed E-state index contributed by atoms with van der Waals surface area (Å²) in [6.07, 6.45) is 2.79. The Kier molecular flexibility index (Phi) is 6.17. The van der Waals surface area contributed by atoms with Gasteiger partial charge in [-0.1, -0.05) is 0 Å². The number of carbonyl (C=O) groups excluding carboxylic acids is 1. The van der Waals surface area contributed by atoms with Crippen LogP contribution < -0.4 is 5.32 Å². The predicted octanol–water partition coefficient (Wildman–Crippen LogP) is 2.39. The fourth-order valence-electron chi connectivity index (χ4n) is 2.10. The number of hydrogen-bond donors (Lipinski definition) is 1. The summed E-state index contributed by atoms with van der Waals surface area (Å²) in [4.78, 5) is 13.8. The van der Waals surface area contributed by atoms with Crippen LogP contribution >= 0.6 is 0 Å². The summed E-state index contributed by atoms with van der Waals surface area (Å²) in [5.74, 6) is 5.92. The predicted molar refractivity (Wildman–Crippen MR) is 76.9 cm³/mol. The Morgan fingerprint density at radius 3 is 2.84 bits per heavy atom. The van der Waals surface area contributed by atoms with Gasteiger partial charge in [-0.05, 0) is 40.5 Å². The van der Waals surface area contributed by atoms with Gasteiger partial charge in [0.1, 0.15) is 5.60 Å². The third-order valence-electron chi connectivity index (χ3n) is 2.93. The zero-order valence-corrected chi connectivity index (χ0v) is 12.6. The van der Waals surface area contributed by atoms with Crippen molar-refractivity contribution in [2.24, 2.45) is 0 Å². The topological polar surface area (TPSA) is 41.6 Å². The summed E-state index contributed by atoms with van der Waals surface area (Å²) >= 11 is 0. The van der Waals surface area contributed by atoms with E-state index in [0.717, 1.165) is 38.9 Å². The molecule has 0 aromatic rings. The molecule has 1 amide bonds. The van der Waals surface area contributed by atoms with Crippen LogP contribution in [0.3, 0.4) is 0 Å². The molecule has 0 aromatic heterocycles. The zero-order valence-electron chi connectivity index (χ0n) is 12.6. The first-order valence-corrected chi connectivity index (χ1v) is 7.03. The van der Waals surface area contributed by atoms with Crippen LogP contribution in [0.1, 0.15) is 47.0 Å². The van der Waals surface area contributed by atoms with Crippen molar-refractivity contribution in [1.29, 1.82) is 0 Å². The molecule has 1 fully saturated rings. The highest BCUT2D eigenvalue weighted by molar-refractivity contribution is 5.68. The van der Waals surface area contributed by atoms with E-state index >= 15 is 0 Å². The van der Waals surface area contributed by atoms with Gasteiger partial charge in [0.15, 0.2) is 0 Å². The van der Waals surface area contributed by atoms with Gasteiger partial charge in [-0.2, -0.15) is 0 Å². The minimum Gasteiger partial charge on any atom is -0.444 e.